The van der Waals surface area contributed by atoms with E-state index in [9.17, 15) is 8.42 Å². The van der Waals surface area contributed by atoms with Crippen molar-refractivity contribution in [1.29, 1.82) is 0 Å². The molecule has 1 heterocycles. The third-order valence-corrected chi connectivity index (χ3v) is 6.62. The van der Waals surface area contributed by atoms with Crippen LogP contribution in [0, 0.1) is 0 Å². The molecule has 3 rings (SSSR count). The Hall–Kier alpha value is -1.84. The molecule has 25 heavy (non-hydrogen) atoms. The number of rotatable bonds is 9. The first kappa shape index (κ1) is 18.0. The molecule has 1 aromatic carbocycles. The lowest BCUT2D eigenvalue weighted by atomic mass is 10.2. The maximum Gasteiger partial charge on any atom is 0.237 e. The van der Waals surface area contributed by atoms with Crippen molar-refractivity contribution < 1.29 is 17.9 Å². The van der Waals surface area contributed by atoms with Crippen molar-refractivity contribution in [2.75, 3.05) is 18.9 Å². The predicted molar refractivity (Wildman–Crippen MR) is 97.8 cm³/mol. The molecule has 7 nitrogen and oxygen atoms in total. The normalized spacial score (nSPS) is 14.3. The average molecular weight is 383 g/mol. The van der Waals surface area contributed by atoms with Crippen molar-refractivity contribution in [3.8, 4) is 11.5 Å². The minimum atomic E-state index is -3.26. The molecule has 1 fully saturated rings. The highest BCUT2D eigenvalue weighted by Gasteiger charge is 2.36. The molecule has 2 N–H and O–H groups in total. The monoisotopic (exact) mass is 383 g/mol. The molecular formula is C16H21N3O4S2. The molecule has 0 spiro atoms. The second-order valence-corrected chi connectivity index (χ2v) is 8.59. The van der Waals surface area contributed by atoms with Gasteiger partial charge in [0.2, 0.25) is 10.0 Å². The number of hydrogen-bond donors (Lipinski definition) is 2. The number of nitrogens with one attached hydrogen (secondary N) is 2. The lowest BCUT2D eigenvalue weighted by Gasteiger charge is -2.10. The van der Waals surface area contributed by atoms with E-state index < -0.39 is 10.0 Å². The van der Waals surface area contributed by atoms with Gasteiger partial charge in [0, 0.05) is 30.1 Å². The zero-order chi connectivity index (χ0) is 17.9. The first-order chi connectivity index (χ1) is 12.0. The van der Waals surface area contributed by atoms with Crippen LogP contribution in [-0.2, 0) is 23.1 Å². The minimum Gasteiger partial charge on any atom is -0.497 e. The molecular weight excluding hydrogens is 362 g/mol. The second kappa shape index (κ2) is 7.59. The summed E-state index contributed by atoms with van der Waals surface area (Å²) in [5, 5.41) is 5.31. The Morgan fingerprint density at radius 2 is 2.04 bits per heavy atom. The van der Waals surface area contributed by atoms with Crippen LogP contribution in [0.4, 0.5) is 5.13 Å². The van der Waals surface area contributed by atoms with E-state index in [1.54, 1.807) is 14.2 Å². The van der Waals surface area contributed by atoms with E-state index in [0.717, 1.165) is 35.6 Å². The lowest BCUT2D eigenvalue weighted by Crippen LogP contribution is -2.17. The third-order valence-electron chi connectivity index (χ3n) is 3.86. The van der Waals surface area contributed by atoms with Gasteiger partial charge in [0.25, 0.3) is 0 Å². The number of aromatic nitrogens is 1. The van der Waals surface area contributed by atoms with Gasteiger partial charge in [-0.2, -0.15) is 0 Å². The van der Waals surface area contributed by atoms with Crippen LogP contribution in [-0.4, -0.2) is 32.9 Å². The number of benzene rings is 1. The quantitative estimate of drug-likeness (QED) is 0.691. The van der Waals surface area contributed by atoms with Crippen molar-refractivity contribution in [3.63, 3.8) is 0 Å². The summed E-state index contributed by atoms with van der Waals surface area (Å²) in [7, 11) is -0.0198. The van der Waals surface area contributed by atoms with Crippen LogP contribution in [0.25, 0.3) is 0 Å². The Balaban J connectivity index is 1.54. The summed E-state index contributed by atoms with van der Waals surface area (Å²) in [6.45, 7) is 1.14. The van der Waals surface area contributed by atoms with Crippen molar-refractivity contribution in [2.24, 2.45) is 0 Å². The van der Waals surface area contributed by atoms with Crippen LogP contribution in [0.15, 0.2) is 23.6 Å². The second-order valence-electron chi connectivity index (χ2n) is 5.77. The predicted octanol–water partition coefficient (Wildman–Crippen LogP) is 2.35. The lowest BCUT2D eigenvalue weighted by molar-refractivity contribution is 0.389. The van der Waals surface area contributed by atoms with E-state index in [-0.39, 0.29) is 5.25 Å². The molecule has 0 amide bonds. The van der Waals surface area contributed by atoms with Crippen LogP contribution in [0.2, 0.25) is 0 Å². The van der Waals surface area contributed by atoms with Gasteiger partial charge in [0.15, 0.2) is 5.13 Å². The number of sulfonamides is 1. The average Bonchev–Trinajstić information content (AvgIpc) is 3.38. The van der Waals surface area contributed by atoms with Gasteiger partial charge in [-0.05, 0) is 18.9 Å². The van der Waals surface area contributed by atoms with Gasteiger partial charge in [-0.1, -0.05) is 6.07 Å². The topological polar surface area (TPSA) is 89.6 Å². The molecule has 9 heteroatoms. The zero-order valence-electron chi connectivity index (χ0n) is 14.1. The molecule has 0 bridgehead atoms. The number of hydrogen-bond acceptors (Lipinski definition) is 7. The summed E-state index contributed by atoms with van der Waals surface area (Å²) in [5.74, 6) is 1.50. The van der Waals surface area contributed by atoms with Crippen LogP contribution < -0.4 is 19.5 Å². The van der Waals surface area contributed by atoms with E-state index in [2.05, 4.69) is 15.0 Å². The highest BCUT2D eigenvalue weighted by Crippen LogP contribution is 2.30. The highest BCUT2D eigenvalue weighted by atomic mass is 32.2. The molecule has 0 atom stereocenters. The number of ether oxygens (including phenoxy) is 2. The SMILES string of the molecule is COc1ccc(CNCc2csc(NS(=O)(=O)C3CC3)n2)c(OC)c1. The van der Waals surface area contributed by atoms with E-state index in [1.165, 1.54) is 11.3 Å². The third kappa shape index (κ3) is 4.62. The van der Waals surface area contributed by atoms with Crippen LogP contribution in [0.1, 0.15) is 24.1 Å². The molecule has 1 aliphatic carbocycles. The summed E-state index contributed by atoms with van der Waals surface area (Å²) < 4.78 is 36.9. The fourth-order valence-corrected chi connectivity index (χ4v) is 4.65. The van der Waals surface area contributed by atoms with Crippen molar-refractivity contribution in [1.82, 2.24) is 10.3 Å². The van der Waals surface area contributed by atoms with Gasteiger partial charge in [0.05, 0.1) is 25.2 Å². The Morgan fingerprint density at radius 3 is 2.72 bits per heavy atom. The fourth-order valence-electron chi connectivity index (χ4n) is 2.34. The number of methoxy groups -OCH3 is 2. The Kier molecular flexibility index (Phi) is 5.45. The first-order valence-corrected chi connectivity index (χ1v) is 10.3. The molecule has 0 aliphatic heterocycles. The summed E-state index contributed by atoms with van der Waals surface area (Å²) in [6.07, 6.45) is 1.47. The molecule has 1 aromatic heterocycles. The zero-order valence-corrected chi connectivity index (χ0v) is 15.7. The standard InChI is InChI=1S/C16H21N3O4S2/c1-22-13-4-3-11(15(7-13)23-2)8-17-9-12-10-24-16(18-12)19-25(20,21)14-5-6-14/h3-4,7,10,14,17H,5-6,8-9H2,1-2H3,(H,18,19). The maximum absolute atomic E-state index is 11.9. The van der Waals surface area contributed by atoms with Gasteiger partial charge >= 0.3 is 0 Å². The van der Waals surface area contributed by atoms with E-state index in [4.69, 9.17) is 9.47 Å². The fraction of sp³-hybridized carbons (Fsp3) is 0.438. The smallest absolute Gasteiger partial charge is 0.237 e. The van der Waals surface area contributed by atoms with Gasteiger partial charge in [-0.15, -0.1) is 11.3 Å². The van der Waals surface area contributed by atoms with E-state index in [1.807, 2.05) is 23.6 Å². The molecule has 0 radical (unpaired) electrons. The summed E-state index contributed by atoms with van der Waals surface area (Å²) in [6, 6.07) is 5.67. The molecule has 1 saturated carbocycles. The molecule has 0 unspecified atom stereocenters. The van der Waals surface area contributed by atoms with Crippen molar-refractivity contribution in [3.05, 3.63) is 34.8 Å². The number of nitrogens with zero attached hydrogens (tertiary/aromatic N) is 1. The van der Waals surface area contributed by atoms with Gasteiger partial charge < -0.3 is 14.8 Å². The van der Waals surface area contributed by atoms with Gasteiger partial charge in [-0.25, -0.2) is 13.4 Å². The molecule has 2 aromatic rings. The maximum atomic E-state index is 11.9. The highest BCUT2D eigenvalue weighted by molar-refractivity contribution is 7.93. The molecule has 0 saturated heterocycles. The largest absolute Gasteiger partial charge is 0.497 e. The van der Waals surface area contributed by atoms with E-state index in [0.29, 0.717) is 18.2 Å². The minimum absolute atomic E-state index is 0.250. The Labute approximate surface area is 151 Å². The van der Waals surface area contributed by atoms with Crippen molar-refractivity contribution >= 4 is 26.5 Å². The van der Waals surface area contributed by atoms with E-state index >= 15 is 0 Å². The Morgan fingerprint density at radius 1 is 1.24 bits per heavy atom. The number of anilines is 1. The summed E-state index contributed by atoms with van der Waals surface area (Å²) in [5.41, 5.74) is 1.80. The van der Waals surface area contributed by atoms with Crippen LogP contribution in [0.5, 0.6) is 11.5 Å². The Bertz CT molecular complexity index is 832. The summed E-state index contributed by atoms with van der Waals surface area (Å²) in [4.78, 5) is 4.32. The number of thiazole rings is 1. The van der Waals surface area contributed by atoms with Gasteiger partial charge in [0.1, 0.15) is 11.5 Å². The van der Waals surface area contributed by atoms with Crippen LogP contribution in [0.3, 0.4) is 0 Å². The molecule has 136 valence electrons. The van der Waals surface area contributed by atoms with Gasteiger partial charge in [-0.3, -0.25) is 4.72 Å². The van der Waals surface area contributed by atoms with Crippen molar-refractivity contribution in [2.45, 2.75) is 31.2 Å². The molecule has 1 aliphatic rings. The summed E-state index contributed by atoms with van der Waals surface area (Å²) >= 11 is 1.30. The first-order valence-electron chi connectivity index (χ1n) is 7.89. The van der Waals surface area contributed by atoms with Crippen LogP contribution >= 0.6 is 11.3 Å².